The third-order valence-electron chi connectivity index (χ3n) is 4.26. The van der Waals surface area contributed by atoms with Crippen molar-refractivity contribution in [3.8, 4) is 11.8 Å². The number of ether oxygens (including phenoxy) is 1. The van der Waals surface area contributed by atoms with Crippen molar-refractivity contribution in [1.29, 1.82) is 0 Å². The normalized spacial score (nSPS) is 11.0. The monoisotopic (exact) mass is 375 g/mol. The summed E-state index contributed by atoms with van der Waals surface area (Å²) in [6.07, 6.45) is 1.18. The molecule has 0 atom stereocenters. The molecule has 144 valence electrons. The van der Waals surface area contributed by atoms with E-state index in [9.17, 15) is 4.79 Å². The van der Waals surface area contributed by atoms with Gasteiger partial charge in [0.2, 0.25) is 0 Å². The van der Waals surface area contributed by atoms with E-state index >= 15 is 0 Å². The maximum Gasteiger partial charge on any atom is 0.421 e. The summed E-state index contributed by atoms with van der Waals surface area (Å²) in [6, 6.07) is 13.6. The molecule has 2 aromatic heterocycles. The summed E-state index contributed by atoms with van der Waals surface area (Å²) in [6.45, 7) is 8.56. The van der Waals surface area contributed by atoms with E-state index in [0.717, 1.165) is 23.2 Å². The SMILES string of the molecule is CCN(C)c1ccc(C#Cc2cc3cccnc3n2C(=O)OC(C)(C)C)cc1. The van der Waals surface area contributed by atoms with Gasteiger partial charge in [0, 0.05) is 36.4 Å². The van der Waals surface area contributed by atoms with E-state index in [2.05, 4.69) is 28.6 Å². The molecule has 28 heavy (non-hydrogen) atoms. The predicted molar refractivity (Wildman–Crippen MR) is 113 cm³/mol. The first-order valence-corrected chi connectivity index (χ1v) is 9.31. The number of anilines is 1. The highest BCUT2D eigenvalue weighted by atomic mass is 16.6. The molecule has 0 N–H and O–H groups in total. The fourth-order valence-corrected chi connectivity index (χ4v) is 2.74. The van der Waals surface area contributed by atoms with Crippen LogP contribution in [-0.2, 0) is 4.74 Å². The number of hydrogen-bond acceptors (Lipinski definition) is 4. The third-order valence-corrected chi connectivity index (χ3v) is 4.26. The van der Waals surface area contributed by atoms with Crippen LogP contribution < -0.4 is 4.90 Å². The van der Waals surface area contributed by atoms with Gasteiger partial charge in [0.1, 0.15) is 11.3 Å². The standard InChI is InChI=1S/C23H25N3O2/c1-6-25(5)19-12-9-17(10-13-19)11-14-20-16-18-8-7-15-24-21(18)26(20)22(27)28-23(2,3)4/h7-10,12-13,15-16H,6H2,1-5H3. The van der Waals surface area contributed by atoms with Crippen LogP contribution in [0.1, 0.15) is 39.0 Å². The number of fused-ring (bicyclic) bond motifs is 1. The molecule has 3 aromatic rings. The Labute approximate surface area is 165 Å². The van der Waals surface area contributed by atoms with E-state index in [4.69, 9.17) is 4.74 Å². The van der Waals surface area contributed by atoms with Gasteiger partial charge in [-0.05, 0) is 76.1 Å². The molecule has 0 unspecified atom stereocenters. The smallest absolute Gasteiger partial charge is 0.421 e. The van der Waals surface area contributed by atoms with Crippen LogP contribution in [0, 0.1) is 11.8 Å². The summed E-state index contributed by atoms with van der Waals surface area (Å²) < 4.78 is 6.99. The van der Waals surface area contributed by atoms with Crippen LogP contribution in [0.25, 0.3) is 11.0 Å². The van der Waals surface area contributed by atoms with Gasteiger partial charge < -0.3 is 9.64 Å². The molecule has 1 aromatic carbocycles. The lowest BCUT2D eigenvalue weighted by atomic mass is 10.2. The number of pyridine rings is 1. The van der Waals surface area contributed by atoms with Crippen LogP contribution in [0.2, 0.25) is 0 Å². The maximum atomic E-state index is 12.7. The maximum absolute atomic E-state index is 12.7. The van der Waals surface area contributed by atoms with Gasteiger partial charge >= 0.3 is 6.09 Å². The molecule has 3 rings (SSSR count). The Morgan fingerprint density at radius 1 is 1.18 bits per heavy atom. The Hall–Kier alpha value is -3.26. The molecule has 0 aliphatic rings. The second-order valence-electron chi connectivity index (χ2n) is 7.57. The van der Waals surface area contributed by atoms with E-state index < -0.39 is 11.7 Å². The van der Waals surface area contributed by atoms with Crippen molar-refractivity contribution >= 4 is 22.8 Å². The van der Waals surface area contributed by atoms with Crippen molar-refractivity contribution in [1.82, 2.24) is 9.55 Å². The van der Waals surface area contributed by atoms with E-state index in [-0.39, 0.29) is 0 Å². The largest absolute Gasteiger partial charge is 0.443 e. The van der Waals surface area contributed by atoms with Crippen molar-refractivity contribution in [2.24, 2.45) is 0 Å². The Kier molecular flexibility index (Phi) is 5.41. The van der Waals surface area contributed by atoms with Crippen molar-refractivity contribution in [2.45, 2.75) is 33.3 Å². The highest BCUT2D eigenvalue weighted by Crippen LogP contribution is 2.20. The highest BCUT2D eigenvalue weighted by molar-refractivity contribution is 5.89. The fraction of sp³-hybridized carbons (Fsp3) is 0.304. The van der Waals surface area contributed by atoms with Crippen LogP contribution in [0.15, 0.2) is 48.7 Å². The Balaban J connectivity index is 1.99. The Bertz CT molecular complexity index is 1050. The average molecular weight is 375 g/mol. The summed E-state index contributed by atoms with van der Waals surface area (Å²) in [5.41, 5.74) is 2.51. The van der Waals surface area contributed by atoms with E-state index in [1.807, 2.05) is 70.3 Å². The number of nitrogens with zero attached hydrogens (tertiary/aromatic N) is 3. The summed E-state index contributed by atoms with van der Waals surface area (Å²) >= 11 is 0. The van der Waals surface area contributed by atoms with Crippen LogP contribution >= 0.6 is 0 Å². The molecule has 0 saturated carbocycles. The van der Waals surface area contributed by atoms with Gasteiger partial charge in [-0.2, -0.15) is 0 Å². The molecule has 2 heterocycles. The van der Waals surface area contributed by atoms with Gasteiger partial charge in [0.15, 0.2) is 5.65 Å². The zero-order chi connectivity index (χ0) is 20.3. The van der Waals surface area contributed by atoms with Gasteiger partial charge in [-0.1, -0.05) is 5.92 Å². The Morgan fingerprint density at radius 2 is 1.89 bits per heavy atom. The van der Waals surface area contributed by atoms with Crippen LogP contribution in [0.4, 0.5) is 10.5 Å². The fourth-order valence-electron chi connectivity index (χ4n) is 2.74. The van der Waals surface area contributed by atoms with Crippen molar-refractivity contribution in [2.75, 3.05) is 18.5 Å². The molecular formula is C23H25N3O2. The van der Waals surface area contributed by atoms with E-state index in [1.165, 1.54) is 4.57 Å². The summed E-state index contributed by atoms with van der Waals surface area (Å²) in [4.78, 5) is 19.2. The van der Waals surface area contributed by atoms with Crippen LogP contribution in [0.5, 0.6) is 0 Å². The number of aromatic nitrogens is 2. The molecular weight excluding hydrogens is 350 g/mol. The minimum absolute atomic E-state index is 0.481. The lowest BCUT2D eigenvalue weighted by Crippen LogP contribution is -2.27. The summed E-state index contributed by atoms with van der Waals surface area (Å²) in [5, 5.41) is 0.845. The number of carbonyl (C=O) groups excluding carboxylic acids is 1. The predicted octanol–water partition coefficient (Wildman–Crippen LogP) is 4.68. The van der Waals surface area contributed by atoms with Crippen molar-refractivity contribution in [3.05, 3.63) is 59.9 Å². The third kappa shape index (κ3) is 4.34. The summed E-state index contributed by atoms with van der Waals surface area (Å²) in [5.74, 6) is 6.25. The molecule has 5 nitrogen and oxygen atoms in total. The zero-order valence-electron chi connectivity index (χ0n) is 17.0. The number of benzene rings is 1. The zero-order valence-corrected chi connectivity index (χ0v) is 17.0. The van der Waals surface area contributed by atoms with Crippen molar-refractivity contribution in [3.63, 3.8) is 0 Å². The molecule has 0 aliphatic heterocycles. The van der Waals surface area contributed by atoms with Gasteiger partial charge in [-0.3, -0.25) is 0 Å². The number of carbonyl (C=O) groups is 1. The van der Waals surface area contributed by atoms with Gasteiger partial charge in [-0.15, -0.1) is 0 Å². The summed E-state index contributed by atoms with van der Waals surface area (Å²) in [7, 11) is 2.05. The Morgan fingerprint density at radius 3 is 2.54 bits per heavy atom. The quantitative estimate of drug-likeness (QED) is 0.611. The van der Waals surface area contributed by atoms with Gasteiger partial charge in [-0.25, -0.2) is 14.3 Å². The molecule has 0 radical (unpaired) electrons. The van der Waals surface area contributed by atoms with Crippen LogP contribution in [-0.4, -0.2) is 34.8 Å². The molecule has 0 bridgehead atoms. The van der Waals surface area contributed by atoms with Gasteiger partial charge in [0.05, 0.1) is 0 Å². The van der Waals surface area contributed by atoms with E-state index in [0.29, 0.717) is 11.3 Å². The first-order valence-electron chi connectivity index (χ1n) is 9.31. The second kappa shape index (κ2) is 7.77. The highest BCUT2D eigenvalue weighted by Gasteiger charge is 2.22. The topological polar surface area (TPSA) is 47.4 Å². The molecule has 0 fully saturated rings. The average Bonchev–Trinajstić information content (AvgIpc) is 3.03. The minimum atomic E-state index is -0.603. The minimum Gasteiger partial charge on any atom is -0.443 e. The molecule has 0 saturated heterocycles. The number of hydrogen-bond donors (Lipinski definition) is 0. The number of rotatable bonds is 2. The lowest BCUT2D eigenvalue weighted by Gasteiger charge is -2.20. The van der Waals surface area contributed by atoms with Crippen molar-refractivity contribution < 1.29 is 9.53 Å². The van der Waals surface area contributed by atoms with Gasteiger partial charge in [0.25, 0.3) is 0 Å². The molecule has 0 aliphatic carbocycles. The molecule has 0 amide bonds. The van der Waals surface area contributed by atoms with E-state index in [1.54, 1.807) is 6.20 Å². The molecule has 5 heteroatoms. The second-order valence-corrected chi connectivity index (χ2v) is 7.57. The lowest BCUT2D eigenvalue weighted by molar-refractivity contribution is 0.0542. The first-order chi connectivity index (χ1) is 13.3. The first kappa shape index (κ1) is 19.5. The molecule has 0 spiro atoms. The van der Waals surface area contributed by atoms with Crippen LogP contribution in [0.3, 0.4) is 0 Å².